The van der Waals surface area contributed by atoms with Crippen molar-refractivity contribution in [1.29, 1.82) is 0 Å². The van der Waals surface area contributed by atoms with Gasteiger partial charge in [0, 0.05) is 43.0 Å². The third kappa shape index (κ3) is 4.55. The fourth-order valence-corrected chi connectivity index (χ4v) is 2.46. The highest BCUT2D eigenvalue weighted by Gasteiger charge is 2.11. The van der Waals surface area contributed by atoms with Gasteiger partial charge in [-0.05, 0) is 37.6 Å². The zero-order valence-corrected chi connectivity index (χ0v) is 13.9. The number of aryl methyl sites for hydroxylation is 1. The molecule has 1 amide bonds. The summed E-state index contributed by atoms with van der Waals surface area (Å²) < 4.78 is 0. The van der Waals surface area contributed by atoms with Gasteiger partial charge in [-0.25, -0.2) is 0 Å². The Balaban J connectivity index is 1.94. The second-order valence-electron chi connectivity index (χ2n) is 5.47. The van der Waals surface area contributed by atoms with E-state index in [1.807, 2.05) is 37.3 Å². The minimum atomic E-state index is -0.447. The standard InChI is InChI=1S/C18H21N3O3/c1-3-20(15-7-5-4-6-8-15)12-11-18(22)19-17-10-9-16(21(23)24)13-14(17)2/h4-10,13H,3,11-12H2,1-2H3,(H,19,22). The summed E-state index contributed by atoms with van der Waals surface area (Å²) in [5, 5.41) is 13.6. The minimum absolute atomic E-state index is 0.0201. The summed E-state index contributed by atoms with van der Waals surface area (Å²) in [6.45, 7) is 5.21. The Morgan fingerprint density at radius 3 is 2.50 bits per heavy atom. The molecule has 0 atom stereocenters. The highest BCUT2D eigenvalue weighted by atomic mass is 16.6. The number of carbonyl (C=O) groups excluding carboxylic acids is 1. The molecular formula is C18H21N3O3. The third-order valence-corrected chi connectivity index (χ3v) is 3.81. The fraction of sp³-hybridized carbons (Fsp3) is 0.278. The lowest BCUT2D eigenvalue weighted by Gasteiger charge is -2.22. The molecule has 6 nitrogen and oxygen atoms in total. The number of anilines is 2. The zero-order valence-electron chi connectivity index (χ0n) is 13.9. The lowest BCUT2D eigenvalue weighted by Crippen LogP contribution is -2.27. The van der Waals surface area contributed by atoms with Gasteiger partial charge in [0.15, 0.2) is 0 Å². The van der Waals surface area contributed by atoms with E-state index in [2.05, 4.69) is 10.2 Å². The van der Waals surface area contributed by atoms with Crippen LogP contribution in [0.2, 0.25) is 0 Å². The smallest absolute Gasteiger partial charge is 0.269 e. The number of hydrogen-bond acceptors (Lipinski definition) is 4. The Morgan fingerprint density at radius 2 is 1.92 bits per heavy atom. The number of para-hydroxylation sites is 1. The molecule has 0 fully saturated rings. The molecule has 0 radical (unpaired) electrons. The van der Waals surface area contributed by atoms with Crippen LogP contribution in [-0.2, 0) is 4.79 Å². The molecule has 0 heterocycles. The SMILES string of the molecule is CCN(CCC(=O)Nc1ccc([N+](=O)[O-])cc1C)c1ccccc1. The number of amides is 1. The van der Waals surface area contributed by atoms with E-state index in [-0.39, 0.29) is 11.6 Å². The van der Waals surface area contributed by atoms with Gasteiger partial charge in [-0.3, -0.25) is 14.9 Å². The number of carbonyl (C=O) groups is 1. The van der Waals surface area contributed by atoms with Gasteiger partial charge in [0.2, 0.25) is 5.91 Å². The molecule has 0 saturated heterocycles. The van der Waals surface area contributed by atoms with E-state index in [9.17, 15) is 14.9 Å². The second kappa shape index (κ2) is 8.10. The van der Waals surface area contributed by atoms with Gasteiger partial charge in [0.1, 0.15) is 0 Å². The number of benzene rings is 2. The van der Waals surface area contributed by atoms with Crippen molar-refractivity contribution in [3.8, 4) is 0 Å². The van der Waals surface area contributed by atoms with Crippen molar-refractivity contribution in [1.82, 2.24) is 0 Å². The first-order valence-electron chi connectivity index (χ1n) is 7.86. The number of nitrogens with one attached hydrogen (secondary N) is 1. The Labute approximate surface area is 141 Å². The quantitative estimate of drug-likeness (QED) is 0.620. The van der Waals surface area contributed by atoms with Gasteiger partial charge in [-0.2, -0.15) is 0 Å². The van der Waals surface area contributed by atoms with Crippen molar-refractivity contribution in [2.45, 2.75) is 20.3 Å². The van der Waals surface area contributed by atoms with Gasteiger partial charge in [0.25, 0.3) is 5.69 Å². The Morgan fingerprint density at radius 1 is 1.21 bits per heavy atom. The first-order chi connectivity index (χ1) is 11.5. The first-order valence-corrected chi connectivity index (χ1v) is 7.86. The Kier molecular flexibility index (Phi) is 5.89. The third-order valence-electron chi connectivity index (χ3n) is 3.81. The maximum atomic E-state index is 12.2. The van der Waals surface area contributed by atoms with Gasteiger partial charge < -0.3 is 10.2 Å². The molecule has 6 heteroatoms. The Bertz CT molecular complexity index is 717. The highest BCUT2D eigenvalue weighted by molar-refractivity contribution is 5.92. The predicted molar refractivity (Wildman–Crippen MR) is 95.4 cm³/mol. The van der Waals surface area contributed by atoms with Crippen LogP contribution in [0, 0.1) is 17.0 Å². The summed E-state index contributed by atoms with van der Waals surface area (Å²) in [4.78, 5) is 24.6. The van der Waals surface area contributed by atoms with Crippen molar-refractivity contribution in [3.05, 3.63) is 64.2 Å². The van der Waals surface area contributed by atoms with Crippen LogP contribution in [-0.4, -0.2) is 23.9 Å². The number of nitro groups is 1. The predicted octanol–water partition coefficient (Wildman–Crippen LogP) is 3.76. The summed E-state index contributed by atoms with van der Waals surface area (Å²) in [6.07, 6.45) is 0.346. The molecule has 0 saturated carbocycles. The van der Waals surface area contributed by atoms with E-state index in [1.165, 1.54) is 12.1 Å². The molecule has 2 rings (SSSR count). The molecule has 0 aromatic heterocycles. The van der Waals surface area contributed by atoms with Gasteiger partial charge >= 0.3 is 0 Å². The molecule has 0 bridgehead atoms. The van der Waals surface area contributed by atoms with Crippen molar-refractivity contribution in [2.75, 3.05) is 23.3 Å². The molecule has 0 aliphatic rings. The minimum Gasteiger partial charge on any atom is -0.371 e. The monoisotopic (exact) mass is 327 g/mol. The number of hydrogen-bond donors (Lipinski definition) is 1. The average Bonchev–Trinajstić information content (AvgIpc) is 2.58. The maximum Gasteiger partial charge on any atom is 0.269 e. The van der Waals surface area contributed by atoms with Crippen LogP contribution in [0.5, 0.6) is 0 Å². The van der Waals surface area contributed by atoms with E-state index in [0.717, 1.165) is 12.2 Å². The lowest BCUT2D eigenvalue weighted by atomic mass is 10.1. The van der Waals surface area contributed by atoms with Crippen molar-refractivity contribution >= 4 is 23.0 Å². The number of nitrogens with zero attached hydrogens (tertiary/aromatic N) is 2. The normalized spacial score (nSPS) is 10.2. The van der Waals surface area contributed by atoms with E-state index in [4.69, 9.17) is 0 Å². The largest absolute Gasteiger partial charge is 0.371 e. The van der Waals surface area contributed by atoms with Gasteiger partial charge in [-0.1, -0.05) is 18.2 Å². The summed E-state index contributed by atoms with van der Waals surface area (Å²) in [6, 6.07) is 14.4. The maximum absolute atomic E-state index is 12.2. The lowest BCUT2D eigenvalue weighted by molar-refractivity contribution is -0.384. The van der Waals surface area contributed by atoms with Crippen molar-refractivity contribution in [2.24, 2.45) is 0 Å². The summed E-state index contributed by atoms with van der Waals surface area (Å²) >= 11 is 0. The molecule has 2 aromatic rings. The summed E-state index contributed by atoms with van der Waals surface area (Å²) in [7, 11) is 0. The number of non-ortho nitro benzene ring substituents is 1. The first kappa shape index (κ1) is 17.5. The molecule has 0 unspecified atom stereocenters. The van der Waals surface area contributed by atoms with Crippen LogP contribution < -0.4 is 10.2 Å². The Hall–Kier alpha value is -2.89. The van der Waals surface area contributed by atoms with Crippen LogP contribution in [0.15, 0.2) is 48.5 Å². The summed E-state index contributed by atoms with van der Waals surface area (Å²) in [5.74, 6) is -0.110. The van der Waals surface area contributed by atoms with Crippen LogP contribution in [0.4, 0.5) is 17.1 Å². The average molecular weight is 327 g/mol. The number of nitro benzene ring substituents is 1. The second-order valence-corrected chi connectivity index (χ2v) is 5.47. The molecule has 126 valence electrons. The highest BCUT2D eigenvalue weighted by Crippen LogP contribution is 2.21. The molecule has 0 aliphatic heterocycles. The van der Waals surface area contributed by atoms with Crippen LogP contribution in [0.25, 0.3) is 0 Å². The van der Waals surface area contributed by atoms with E-state index >= 15 is 0 Å². The molecule has 0 aliphatic carbocycles. The number of rotatable bonds is 7. The summed E-state index contributed by atoms with van der Waals surface area (Å²) in [5.41, 5.74) is 2.38. The van der Waals surface area contributed by atoms with E-state index in [0.29, 0.717) is 24.2 Å². The van der Waals surface area contributed by atoms with Gasteiger partial charge in [-0.15, -0.1) is 0 Å². The molecule has 1 N–H and O–H groups in total. The van der Waals surface area contributed by atoms with Crippen LogP contribution >= 0.6 is 0 Å². The molecule has 24 heavy (non-hydrogen) atoms. The van der Waals surface area contributed by atoms with Crippen molar-refractivity contribution in [3.63, 3.8) is 0 Å². The molecule has 0 spiro atoms. The fourth-order valence-electron chi connectivity index (χ4n) is 2.46. The van der Waals surface area contributed by atoms with Crippen LogP contribution in [0.1, 0.15) is 18.9 Å². The zero-order chi connectivity index (χ0) is 17.5. The van der Waals surface area contributed by atoms with E-state index in [1.54, 1.807) is 13.0 Å². The van der Waals surface area contributed by atoms with Crippen LogP contribution in [0.3, 0.4) is 0 Å². The van der Waals surface area contributed by atoms with E-state index < -0.39 is 4.92 Å². The van der Waals surface area contributed by atoms with Gasteiger partial charge in [0.05, 0.1) is 4.92 Å². The van der Waals surface area contributed by atoms with Crippen molar-refractivity contribution < 1.29 is 9.72 Å². The molecule has 2 aromatic carbocycles. The topological polar surface area (TPSA) is 75.5 Å². The molecular weight excluding hydrogens is 306 g/mol.